The van der Waals surface area contributed by atoms with E-state index in [9.17, 15) is 0 Å². The molecule has 1 atom stereocenters. The maximum absolute atomic E-state index is 5.26. The lowest BCUT2D eigenvalue weighted by Gasteiger charge is -2.18. The monoisotopic (exact) mass is 643 g/mol. The lowest BCUT2D eigenvalue weighted by Crippen LogP contribution is -2.06. The minimum atomic E-state index is 0.262. The van der Waals surface area contributed by atoms with Crippen molar-refractivity contribution in [2.45, 2.75) is 38.0 Å². The SMILES string of the molecule is C1=CCCC(n2c3ccccc3c3cc(-c4ccc5c(c4)c4ccccc4n5-c4cc(C5=CCCC=C5)nc(C5C=CC=CC5)c4)ccc32)=C1. The van der Waals surface area contributed by atoms with Crippen LogP contribution in [0.4, 0.5) is 0 Å². The molecule has 3 nitrogen and oxygen atoms in total. The van der Waals surface area contributed by atoms with E-state index in [4.69, 9.17) is 4.98 Å². The van der Waals surface area contributed by atoms with Crippen LogP contribution in [0.25, 0.3) is 71.7 Å². The summed E-state index contributed by atoms with van der Waals surface area (Å²) >= 11 is 0. The highest BCUT2D eigenvalue weighted by molar-refractivity contribution is 6.13. The fourth-order valence-corrected chi connectivity index (χ4v) is 8.28. The van der Waals surface area contributed by atoms with Gasteiger partial charge in [-0.15, -0.1) is 0 Å². The van der Waals surface area contributed by atoms with E-state index in [2.05, 4.69) is 167 Å². The summed E-state index contributed by atoms with van der Waals surface area (Å²) in [6.45, 7) is 0. The fourth-order valence-electron chi connectivity index (χ4n) is 8.28. The molecule has 10 rings (SSSR count). The van der Waals surface area contributed by atoms with Crippen LogP contribution in [-0.2, 0) is 0 Å². The summed E-state index contributed by atoms with van der Waals surface area (Å²) in [5, 5.41) is 5.12. The number of para-hydroxylation sites is 2. The van der Waals surface area contributed by atoms with Gasteiger partial charge >= 0.3 is 0 Å². The molecular weight excluding hydrogens is 607 g/mol. The van der Waals surface area contributed by atoms with Gasteiger partial charge in [0.15, 0.2) is 0 Å². The smallest absolute Gasteiger partial charge is 0.0723 e. The van der Waals surface area contributed by atoms with Crippen LogP contribution in [0.15, 0.2) is 158 Å². The summed E-state index contributed by atoms with van der Waals surface area (Å²) in [4.78, 5) is 5.26. The summed E-state index contributed by atoms with van der Waals surface area (Å²) in [6, 6.07) is 36.3. The number of allylic oxidation sites excluding steroid dienone is 12. The lowest BCUT2D eigenvalue weighted by molar-refractivity contribution is 0.811. The van der Waals surface area contributed by atoms with Crippen molar-refractivity contribution in [2.75, 3.05) is 0 Å². The quantitative estimate of drug-likeness (QED) is 0.183. The molecule has 50 heavy (non-hydrogen) atoms. The van der Waals surface area contributed by atoms with Crippen molar-refractivity contribution in [3.05, 3.63) is 169 Å². The van der Waals surface area contributed by atoms with Gasteiger partial charge in [0.2, 0.25) is 0 Å². The molecule has 0 bridgehead atoms. The molecule has 0 amide bonds. The Bertz CT molecular complexity index is 2680. The zero-order valence-electron chi connectivity index (χ0n) is 28.0. The van der Waals surface area contributed by atoms with Crippen LogP contribution in [0.3, 0.4) is 0 Å². The predicted octanol–water partition coefficient (Wildman–Crippen LogP) is 12.5. The van der Waals surface area contributed by atoms with E-state index >= 15 is 0 Å². The Balaban J connectivity index is 1.15. The molecule has 0 saturated carbocycles. The summed E-state index contributed by atoms with van der Waals surface area (Å²) in [7, 11) is 0. The molecule has 3 aliphatic rings. The van der Waals surface area contributed by atoms with Crippen LogP contribution in [0.1, 0.15) is 49.4 Å². The first-order chi connectivity index (χ1) is 24.8. The van der Waals surface area contributed by atoms with E-state index in [0.29, 0.717) is 0 Å². The van der Waals surface area contributed by atoms with Crippen molar-refractivity contribution < 1.29 is 0 Å². The van der Waals surface area contributed by atoms with E-state index < -0.39 is 0 Å². The van der Waals surface area contributed by atoms with Crippen molar-refractivity contribution in [3.63, 3.8) is 0 Å². The molecule has 1 unspecified atom stereocenters. The number of nitrogens with zero attached hydrogens (tertiary/aromatic N) is 3. The van der Waals surface area contributed by atoms with Crippen LogP contribution < -0.4 is 0 Å². The van der Waals surface area contributed by atoms with Gasteiger partial charge in [-0.05, 0) is 103 Å². The highest BCUT2D eigenvalue weighted by Crippen LogP contribution is 2.40. The zero-order chi connectivity index (χ0) is 33.0. The Morgan fingerprint density at radius 1 is 0.580 bits per heavy atom. The third-order valence-corrected chi connectivity index (χ3v) is 10.7. The molecular formula is C47H37N3. The minimum absolute atomic E-state index is 0.262. The molecule has 0 spiro atoms. The van der Waals surface area contributed by atoms with Gasteiger partial charge in [-0.2, -0.15) is 0 Å². The van der Waals surface area contributed by atoms with Gasteiger partial charge in [-0.3, -0.25) is 4.98 Å². The average Bonchev–Trinajstić information content (AvgIpc) is 3.71. The number of hydrogen-bond donors (Lipinski definition) is 0. The van der Waals surface area contributed by atoms with Gasteiger partial charge in [-0.25, -0.2) is 0 Å². The van der Waals surface area contributed by atoms with Crippen molar-refractivity contribution in [1.29, 1.82) is 0 Å². The van der Waals surface area contributed by atoms with Gasteiger partial charge < -0.3 is 9.13 Å². The van der Waals surface area contributed by atoms with E-state index in [1.807, 2.05) is 0 Å². The minimum Gasteiger partial charge on any atom is -0.313 e. The molecule has 3 aliphatic carbocycles. The fraction of sp³-hybridized carbons (Fsp3) is 0.128. The second-order valence-corrected chi connectivity index (χ2v) is 13.7. The van der Waals surface area contributed by atoms with E-state index in [0.717, 1.165) is 49.2 Å². The molecule has 4 aromatic carbocycles. The number of aromatic nitrogens is 3. The van der Waals surface area contributed by atoms with E-state index in [1.165, 1.54) is 66.0 Å². The maximum Gasteiger partial charge on any atom is 0.0723 e. The van der Waals surface area contributed by atoms with Gasteiger partial charge in [0.25, 0.3) is 0 Å². The Labute approximate surface area is 292 Å². The normalized spacial score (nSPS) is 17.3. The predicted molar refractivity (Wildman–Crippen MR) is 212 cm³/mol. The van der Waals surface area contributed by atoms with Crippen LogP contribution in [0.5, 0.6) is 0 Å². The van der Waals surface area contributed by atoms with E-state index in [1.54, 1.807) is 0 Å². The summed E-state index contributed by atoms with van der Waals surface area (Å²) < 4.78 is 4.91. The van der Waals surface area contributed by atoms with Gasteiger partial charge in [0, 0.05) is 33.2 Å². The standard InChI is InChI=1S/C47H37N3/c1-4-14-32(15-5-1)42-30-37(31-43(48-42)33-16-6-2-7-17-33)50-45-23-13-11-21-39(45)41-29-35(25-27-47(41)50)34-24-26-46-40(28-34)38-20-10-12-22-44(38)49(46)36-18-8-3-9-19-36/h1,3-6,8,10-14,16-18,20-32H,2,7,9,15,19H2. The first-order valence-electron chi connectivity index (χ1n) is 18.0. The highest BCUT2D eigenvalue weighted by atomic mass is 15.0. The zero-order valence-corrected chi connectivity index (χ0v) is 28.0. The topological polar surface area (TPSA) is 22.8 Å². The Kier molecular flexibility index (Phi) is 6.90. The van der Waals surface area contributed by atoms with Gasteiger partial charge in [0.1, 0.15) is 0 Å². The van der Waals surface area contributed by atoms with Crippen LogP contribution in [0, 0.1) is 0 Å². The first-order valence-corrected chi connectivity index (χ1v) is 18.0. The first kappa shape index (κ1) is 29.0. The summed E-state index contributed by atoms with van der Waals surface area (Å²) in [5.41, 5.74) is 13.3. The molecule has 240 valence electrons. The number of fused-ring (bicyclic) bond motifs is 6. The molecule has 3 heterocycles. The summed E-state index contributed by atoms with van der Waals surface area (Å²) in [6.07, 6.45) is 27.7. The molecule has 7 aromatic rings. The van der Waals surface area contributed by atoms with Crippen molar-refractivity contribution >= 4 is 54.9 Å². The van der Waals surface area contributed by atoms with E-state index in [-0.39, 0.29) is 5.92 Å². The van der Waals surface area contributed by atoms with Crippen molar-refractivity contribution in [2.24, 2.45) is 0 Å². The molecule has 0 saturated heterocycles. The number of rotatable bonds is 5. The molecule has 0 fully saturated rings. The van der Waals surface area contributed by atoms with Crippen molar-refractivity contribution in [3.8, 4) is 16.8 Å². The molecule has 3 heteroatoms. The van der Waals surface area contributed by atoms with Crippen molar-refractivity contribution in [1.82, 2.24) is 14.1 Å². The van der Waals surface area contributed by atoms with Crippen LogP contribution >= 0.6 is 0 Å². The number of benzene rings is 4. The second kappa shape index (κ2) is 11.9. The Morgan fingerprint density at radius 2 is 1.30 bits per heavy atom. The number of hydrogen-bond acceptors (Lipinski definition) is 1. The average molecular weight is 644 g/mol. The largest absolute Gasteiger partial charge is 0.313 e. The Hall–Kier alpha value is -5.93. The third kappa shape index (κ3) is 4.76. The molecule has 0 N–H and O–H groups in total. The molecule has 3 aromatic heterocycles. The van der Waals surface area contributed by atoms with Gasteiger partial charge in [0.05, 0.1) is 39.1 Å². The summed E-state index contributed by atoms with van der Waals surface area (Å²) in [5.74, 6) is 0.262. The maximum atomic E-state index is 5.26. The van der Waals surface area contributed by atoms with Crippen LogP contribution in [-0.4, -0.2) is 14.1 Å². The Morgan fingerprint density at radius 3 is 1.98 bits per heavy atom. The molecule has 0 radical (unpaired) electrons. The second-order valence-electron chi connectivity index (χ2n) is 13.7. The third-order valence-electron chi connectivity index (χ3n) is 10.7. The molecule has 0 aliphatic heterocycles. The number of pyridine rings is 1. The highest BCUT2D eigenvalue weighted by Gasteiger charge is 2.20. The van der Waals surface area contributed by atoms with Crippen LogP contribution in [0.2, 0.25) is 0 Å². The lowest BCUT2D eigenvalue weighted by atomic mass is 9.95. The van der Waals surface area contributed by atoms with Gasteiger partial charge in [-0.1, -0.05) is 103 Å².